The van der Waals surface area contributed by atoms with E-state index in [4.69, 9.17) is 4.74 Å². The summed E-state index contributed by atoms with van der Waals surface area (Å²) in [6.45, 7) is 16.5. The van der Waals surface area contributed by atoms with Crippen molar-refractivity contribution in [1.29, 1.82) is 0 Å². The summed E-state index contributed by atoms with van der Waals surface area (Å²) >= 11 is 0. The van der Waals surface area contributed by atoms with E-state index in [2.05, 4.69) is 34.4 Å². The predicted molar refractivity (Wildman–Crippen MR) is 191 cm³/mol. The van der Waals surface area contributed by atoms with E-state index in [9.17, 15) is 23.6 Å². The molecule has 0 aliphatic carbocycles. The molecule has 262 valence electrons. The van der Waals surface area contributed by atoms with E-state index >= 15 is 0 Å². The number of carbonyl (C=O) groups is 4. The number of likely N-dealkylation sites (N-methyl/N-ethyl adjacent to an activating group) is 1. The van der Waals surface area contributed by atoms with Crippen LogP contribution in [0.15, 0.2) is 42.5 Å². The van der Waals surface area contributed by atoms with Crippen molar-refractivity contribution in [3.8, 4) is 0 Å². The number of aryl methyl sites for hydroxylation is 1. The molecule has 0 saturated heterocycles. The molecule has 0 unspecified atom stereocenters. The van der Waals surface area contributed by atoms with Crippen LogP contribution in [0, 0.1) is 19.7 Å². The highest BCUT2D eigenvalue weighted by atomic mass is 19.1. The van der Waals surface area contributed by atoms with E-state index < -0.39 is 11.4 Å². The fourth-order valence-electron chi connectivity index (χ4n) is 5.87. The number of benzene rings is 2. The van der Waals surface area contributed by atoms with Gasteiger partial charge < -0.3 is 30.2 Å². The van der Waals surface area contributed by atoms with E-state index in [1.165, 1.54) is 12.1 Å². The number of nitrogens with zero attached hydrogens (tertiary/aromatic N) is 2. The van der Waals surface area contributed by atoms with Gasteiger partial charge in [-0.05, 0) is 102 Å². The van der Waals surface area contributed by atoms with Gasteiger partial charge in [-0.3, -0.25) is 19.2 Å². The quantitative estimate of drug-likeness (QED) is 0.135. The fourth-order valence-corrected chi connectivity index (χ4v) is 5.87. The zero-order valence-electron chi connectivity index (χ0n) is 29.6. The summed E-state index contributed by atoms with van der Waals surface area (Å²) in [7, 11) is 0. The Labute approximate surface area is 288 Å². The second-order valence-corrected chi connectivity index (χ2v) is 13.2. The molecule has 4 rings (SSSR count). The van der Waals surface area contributed by atoms with E-state index in [1.54, 1.807) is 49.9 Å². The maximum atomic E-state index is 14.5. The van der Waals surface area contributed by atoms with Crippen molar-refractivity contribution in [3.63, 3.8) is 0 Å². The first-order chi connectivity index (χ1) is 23.2. The highest BCUT2D eigenvalue weighted by molar-refractivity contribution is 6.35. The van der Waals surface area contributed by atoms with Gasteiger partial charge in [-0.25, -0.2) is 4.39 Å². The summed E-state index contributed by atoms with van der Waals surface area (Å²) in [6, 6.07) is 11.4. The number of H-pyrrole nitrogens is 1. The van der Waals surface area contributed by atoms with Gasteiger partial charge in [-0.15, -0.1) is 0 Å². The number of rotatable bonds is 14. The lowest BCUT2D eigenvalue weighted by Gasteiger charge is -2.19. The summed E-state index contributed by atoms with van der Waals surface area (Å²) in [6.07, 6.45) is 2.40. The second kappa shape index (κ2) is 16.1. The largest absolute Gasteiger partial charge is 0.460 e. The van der Waals surface area contributed by atoms with Gasteiger partial charge >= 0.3 is 5.97 Å². The molecule has 3 N–H and O–H groups in total. The van der Waals surface area contributed by atoms with Gasteiger partial charge in [0.05, 0.1) is 23.4 Å². The molecule has 11 heteroatoms. The monoisotopic (exact) mass is 673 g/mol. The Kier molecular flexibility index (Phi) is 12.2. The maximum Gasteiger partial charge on any atom is 0.306 e. The number of nitrogens with one attached hydrogen (secondary N) is 3. The molecule has 1 aromatic heterocycles. The molecule has 49 heavy (non-hydrogen) atoms. The van der Waals surface area contributed by atoms with Crippen LogP contribution in [0.5, 0.6) is 0 Å². The molecular formula is C38H48FN5O5. The fraction of sp³-hybridized carbons (Fsp3) is 0.421. The van der Waals surface area contributed by atoms with Crippen LogP contribution in [0.4, 0.5) is 15.8 Å². The van der Waals surface area contributed by atoms with Gasteiger partial charge in [0.15, 0.2) is 0 Å². The highest BCUT2D eigenvalue weighted by Crippen LogP contribution is 2.39. The van der Waals surface area contributed by atoms with Crippen LogP contribution in [-0.2, 0) is 25.7 Å². The number of amides is 3. The highest BCUT2D eigenvalue weighted by Gasteiger charge is 2.33. The van der Waals surface area contributed by atoms with Crippen LogP contribution in [0.2, 0.25) is 0 Å². The standard InChI is InChI=1S/C38H48FN5O5/c1-8-43(9-2)20-19-40-36(47)35-24(3)31(41-25(35)4)22-30-29-21-27(39)15-18-32(29)44(37(30)48)23-26-13-16-28(17-14-26)42-33(45)11-10-12-34(46)49-38(5,6)7/h13-18,21-22,41H,8-12,19-20,23H2,1-7H3,(H,40,47)(H,42,45)/b30-22-. The number of esters is 1. The average molecular weight is 674 g/mol. The second-order valence-electron chi connectivity index (χ2n) is 13.2. The van der Waals surface area contributed by atoms with Crippen LogP contribution in [0.3, 0.4) is 0 Å². The number of hydrogen-bond donors (Lipinski definition) is 3. The minimum atomic E-state index is -0.564. The summed E-state index contributed by atoms with van der Waals surface area (Å²) in [5.41, 5.74) is 4.73. The van der Waals surface area contributed by atoms with Crippen LogP contribution < -0.4 is 15.5 Å². The summed E-state index contributed by atoms with van der Waals surface area (Å²) in [5.74, 6) is -1.49. The third-order valence-electron chi connectivity index (χ3n) is 8.40. The molecule has 0 radical (unpaired) electrons. The summed E-state index contributed by atoms with van der Waals surface area (Å²) < 4.78 is 19.8. The van der Waals surface area contributed by atoms with Gasteiger partial charge in [0.2, 0.25) is 5.91 Å². The molecule has 1 aliphatic heterocycles. The van der Waals surface area contributed by atoms with Crippen molar-refractivity contribution in [2.24, 2.45) is 0 Å². The molecular weight excluding hydrogens is 625 g/mol. The first-order valence-electron chi connectivity index (χ1n) is 16.8. The van der Waals surface area contributed by atoms with Gasteiger partial charge in [-0.2, -0.15) is 0 Å². The van der Waals surface area contributed by atoms with Crippen molar-refractivity contribution in [3.05, 3.63) is 81.9 Å². The number of aromatic amines is 1. The van der Waals surface area contributed by atoms with Crippen LogP contribution >= 0.6 is 0 Å². The van der Waals surface area contributed by atoms with Crippen molar-refractivity contribution in [2.75, 3.05) is 36.4 Å². The minimum Gasteiger partial charge on any atom is -0.460 e. The van der Waals surface area contributed by atoms with Crippen molar-refractivity contribution in [2.45, 2.75) is 79.9 Å². The molecule has 2 heterocycles. The van der Waals surface area contributed by atoms with E-state index in [-0.39, 0.29) is 43.1 Å². The van der Waals surface area contributed by atoms with Crippen LogP contribution in [0.25, 0.3) is 11.6 Å². The SMILES string of the molecule is CCN(CC)CCNC(=O)c1c(C)[nH]c(/C=C2\C(=O)N(Cc3ccc(NC(=O)CCCC(=O)OC(C)(C)C)cc3)c3ccc(F)cc32)c1C. The van der Waals surface area contributed by atoms with Gasteiger partial charge in [0.1, 0.15) is 11.4 Å². The number of fused-ring (bicyclic) bond motifs is 1. The number of ether oxygens (including phenoxy) is 1. The smallest absolute Gasteiger partial charge is 0.306 e. The van der Waals surface area contributed by atoms with Crippen molar-refractivity contribution in [1.82, 2.24) is 15.2 Å². The van der Waals surface area contributed by atoms with Crippen molar-refractivity contribution < 1.29 is 28.3 Å². The molecule has 2 aromatic carbocycles. The van der Waals surface area contributed by atoms with Crippen LogP contribution in [-0.4, -0.2) is 65.4 Å². The van der Waals surface area contributed by atoms with Gasteiger partial charge in [0, 0.05) is 48.6 Å². The van der Waals surface area contributed by atoms with Crippen LogP contribution in [0.1, 0.15) is 92.3 Å². The zero-order valence-corrected chi connectivity index (χ0v) is 29.6. The molecule has 0 fully saturated rings. The lowest BCUT2D eigenvalue weighted by molar-refractivity contribution is -0.154. The lowest BCUT2D eigenvalue weighted by Crippen LogP contribution is -2.35. The number of aromatic nitrogens is 1. The molecule has 10 nitrogen and oxygen atoms in total. The summed E-state index contributed by atoms with van der Waals surface area (Å²) in [4.78, 5) is 58.4. The van der Waals surface area contributed by atoms with Crippen molar-refractivity contribution >= 4 is 46.7 Å². The zero-order chi connectivity index (χ0) is 35.9. The van der Waals surface area contributed by atoms with E-state index in [0.717, 1.165) is 25.2 Å². The normalized spacial score (nSPS) is 13.6. The Balaban J connectivity index is 1.45. The Morgan fingerprint density at radius 3 is 2.37 bits per heavy atom. The van der Waals surface area contributed by atoms with E-state index in [1.807, 2.05) is 26.0 Å². The number of carbonyl (C=O) groups excluding carboxylic acids is 4. The first-order valence-corrected chi connectivity index (χ1v) is 16.8. The number of anilines is 2. The molecule has 3 aromatic rings. The topological polar surface area (TPSA) is 124 Å². The Hall–Kier alpha value is -4.77. The predicted octanol–water partition coefficient (Wildman–Crippen LogP) is 6.38. The molecule has 0 spiro atoms. The molecule has 1 aliphatic rings. The summed E-state index contributed by atoms with van der Waals surface area (Å²) in [5, 5.41) is 5.83. The maximum absolute atomic E-state index is 14.5. The molecule has 0 atom stereocenters. The minimum absolute atomic E-state index is 0.159. The molecule has 0 saturated carbocycles. The molecule has 3 amide bonds. The van der Waals surface area contributed by atoms with Gasteiger partial charge in [-0.1, -0.05) is 26.0 Å². The lowest BCUT2D eigenvalue weighted by atomic mass is 10.0. The first kappa shape index (κ1) is 37.1. The van der Waals surface area contributed by atoms with Gasteiger partial charge in [0.25, 0.3) is 11.8 Å². The number of halogens is 1. The number of hydrogen-bond acceptors (Lipinski definition) is 6. The average Bonchev–Trinajstić information content (AvgIpc) is 3.45. The molecule has 0 bridgehead atoms. The Morgan fingerprint density at radius 1 is 1.02 bits per heavy atom. The third kappa shape index (κ3) is 9.66. The third-order valence-corrected chi connectivity index (χ3v) is 8.40. The Morgan fingerprint density at radius 2 is 1.71 bits per heavy atom. The van der Waals surface area contributed by atoms with E-state index in [0.29, 0.717) is 58.0 Å². The Bertz CT molecular complexity index is 1720.